The minimum Gasteiger partial charge on any atom is -0.465 e. The summed E-state index contributed by atoms with van der Waals surface area (Å²) in [7, 11) is -4.03. The number of sulfone groups is 1. The van der Waals surface area contributed by atoms with Gasteiger partial charge in [0.15, 0.2) is 6.29 Å². The number of halogens is 1. The van der Waals surface area contributed by atoms with Crippen LogP contribution in [0.25, 0.3) is 11.1 Å². The molecule has 0 saturated carbocycles. The molecule has 0 bridgehead atoms. The summed E-state index contributed by atoms with van der Waals surface area (Å²) in [5, 5.41) is 9.65. The number of nitrogens with zero attached hydrogens (tertiary/aromatic N) is 1. The zero-order chi connectivity index (χ0) is 24.4. The highest BCUT2D eigenvalue weighted by atomic mass is 32.2. The van der Waals surface area contributed by atoms with E-state index in [4.69, 9.17) is 0 Å². The second-order valence-electron chi connectivity index (χ2n) is 8.76. The summed E-state index contributed by atoms with van der Waals surface area (Å²) in [6, 6.07) is 13.4. The number of thiophene rings is 1. The van der Waals surface area contributed by atoms with Gasteiger partial charge in [-0.25, -0.2) is 17.6 Å². The van der Waals surface area contributed by atoms with E-state index in [1.54, 1.807) is 18.2 Å². The fourth-order valence-corrected chi connectivity index (χ4v) is 6.55. The van der Waals surface area contributed by atoms with Gasteiger partial charge in [-0.3, -0.25) is 4.79 Å². The highest BCUT2D eigenvalue weighted by Crippen LogP contribution is 2.40. The van der Waals surface area contributed by atoms with E-state index in [-0.39, 0.29) is 44.3 Å². The van der Waals surface area contributed by atoms with Crippen LogP contribution in [0.15, 0.2) is 63.7 Å². The molecule has 3 rings (SSSR count). The maximum atomic E-state index is 15.0. The number of aldehydes is 1. The zero-order valence-corrected chi connectivity index (χ0v) is 20.0. The van der Waals surface area contributed by atoms with Crippen molar-refractivity contribution in [2.75, 3.05) is 6.54 Å². The van der Waals surface area contributed by atoms with Crippen molar-refractivity contribution in [1.29, 1.82) is 0 Å². The fraction of sp³-hybridized carbons (Fsp3) is 0.250. The van der Waals surface area contributed by atoms with E-state index in [1.165, 1.54) is 41.3 Å². The van der Waals surface area contributed by atoms with Gasteiger partial charge in [0.25, 0.3) is 0 Å². The number of amides is 1. The molecule has 0 spiro atoms. The van der Waals surface area contributed by atoms with Crippen molar-refractivity contribution in [2.45, 2.75) is 36.4 Å². The fourth-order valence-electron chi connectivity index (χ4n) is 3.40. The van der Waals surface area contributed by atoms with Gasteiger partial charge in [-0.1, -0.05) is 51.1 Å². The molecule has 0 fully saturated rings. The van der Waals surface area contributed by atoms with Crippen LogP contribution in [0.3, 0.4) is 0 Å². The van der Waals surface area contributed by atoms with Crippen LogP contribution in [0.1, 0.15) is 36.0 Å². The van der Waals surface area contributed by atoms with Crippen molar-refractivity contribution in [3.8, 4) is 11.1 Å². The Morgan fingerprint density at radius 2 is 1.76 bits per heavy atom. The van der Waals surface area contributed by atoms with Crippen LogP contribution < -0.4 is 0 Å². The first kappa shape index (κ1) is 24.6. The van der Waals surface area contributed by atoms with Crippen molar-refractivity contribution < 1.29 is 27.5 Å². The standard InChI is InChI=1S/C24H24FNO5S2/c1-24(2,3)15-26(23(28)29)13-17-12-20(19-11-7-8-16(14-27)21(19)25)22(32-17)33(30,31)18-9-5-4-6-10-18/h4-12,14H,13,15H2,1-3H3,(H,28,29). The predicted molar refractivity (Wildman–Crippen MR) is 125 cm³/mol. The minimum atomic E-state index is -4.03. The number of hydrogen-bond acceptors (Lipinski definition) is 5. The van der Waals surface area contributed by atoms with Crippen LogP contribution >= 0.6 is 11.3 Å². The highest BCUT2D eigenvalue weighted by Gasteiger charge is 2.29. The summed E-state index contributed by atoms with van der Waals surface area (Å²) in [6.45, 7) is 5.87. The maximum Gasteiger partial charge on any atom is 0.407 e. The van der Waals surface area contributed by atoms with Gasteiger partial charge in [0.05, 0.1) is 17.0 Å². The molecule has 6 nitrogen and oxygen atoms in total. The summed E-state index contributed by atoms with van der Waals surface area (Å²) < 4.78 is 41.8. The number of carbonyl (C=O) groups excluding carboxylic acids is 1. The maximum absolute atomic E-state index is 15.0. The Kier molecular flexibility index (Phi) is 7.04. The molecule has 0 radical (unpaired) electrons. The molecule has 0 saturated heterocycles. The van der Waals surface area contributed by atoms with E-state index in [0.29, 0.717) is 11.2 Å². The molecular weight excluding hydrogens is 465 g/mol. The second kappa shape index (κ2) is 9.44. The van der Waals surface area contributed by atoms with Crippen LogP contribution in [0.5, 0.6) is 0 Å². The molecule has 1 N–H and O–H groups in total. The van der Waals surface area contributed by atoms with Gasteiger partial charge in [0.1, 0.15) is 10.0 Å². The first-order valence-electron chi connectivity index (χ1n) is 10.1. The summed E-state index contributed by atoms with van der Waals surface area (Å²) in [4.78, 5) is 24.7. The van der Waals surface area contributed by atoms with Gasteiger partial charge in [0.2, 0.25) is 9.84 Å². The molecule has 33 heavy (non-hydrogen) atoms. The summed E-state index contributed by atoms with van der Waals surface area (Å²) in [6.07, 6.45) is -0.769. The van der Waals surface area contributed by atoms with Gasteiger partial charge in [-0.2, -0.15) is 0 Å². The Morgan fingerprint density at radius 1 is 1.09 bits per heavy atom. The van der Waals surface area contributed by atoms with E-state index < -0.39 is 21.7 Å². The lowest BCUT2D eigenvalue weighted by molar-refractivity contribution is 0.111. The molecule has 0 aliphatic heterocycles. The Morgan fingerprint density at radius 3 is 2.33 bits per heavy atom. The molecule has 0 atom stereocenters. The van der Waals surface area contributed by atoms with Gasteiger partial charge in [-0.05, 0) is 29.7 Å². The Labute approximate surface area is 196 Å². The third-order valence-corrected chi connectivity index (χ3v) is 8.20. The molecule has 0 aliphatic rings. The van der Waals surface area contributed by atoms with Gasteiger partial charge < -0.3 is 10.0 Å². The first-order valence-corrected chi connectivity index (χ1v) is 12.4. The summed E-state index contributed by atoms with van der Waals surface area (Å²) >= 11 is 0.902. The molecule has 1 heterocycles. The van der Waals surface area contributed by atoms with Crippen molar-refractivity contribution in [3.63, 3.8) is 0 Å². The quantitative estimate of drug-likeness (QED) is 0.428. The summed E-state index contributed by atoms with van der Waals surface area (Å²) in [5.41, 5.74) is -0.444. The Bertz CT molecular complexity index is 1280. The van der Waals surface area contributed by atoms with Gasteiger partial charge in [-0.15, -0.1) is 11.3 Å². The first-order chi connectivity index (χ1) is 15.4. The van der Waals surface area contributed by atoms with Crippen LogP contribution in [0.4, 0.5) is 9.18 Å². The normalized spacial score (nSPS) is 11.9. The van der Waals surface area contributed by atoms with Crippen LogP contribution in [0, 0.1) is 11.2 Å². The second-order valence-corrected chi connectivity index (χ2v) is 12.0. The number of carbonyl (C=O) groups is 2. The lowest BCUT2D eigenvalue weighted by atomic mass is 9.96. The van der Waals surface area contributed by atoms with E-state index in [1.807, 2.05) is 20.8 Å². The molecule has 0 unspecified atom stereocenters. The minimum absolute atomic E-state index is 0.0331. The third kappa shape index (κ3) is 5.48. The number of carboxylic acid groups (broad SMARTS) is 1. The Balaban J connectivity index is 2.19. The monoisotopic (exact) mass is 489 g/mol. The van der Waals surface area contributed by atoms with Crippen molar-refractivity contribution in [1.82, 2.24) is 4.90 Å². The third-order valence-electron chi connectivity index (χ3n) is 4.77. The molecular formula is C24H24FNO5S2. The predicted octanol–water partition coefficient (Wildman–Crippen LogP) is 5.73. The lowest BCUT2D eigenvalue weighted by Gasteiger charge is -2.27. The van der Waals surface area contributed by atoms with E-state index in [2.05, 4.69) is 0 Å². The molecule has 1 aromatic heterocycles. The van der Waals surface area contributed by atoms with Crippen molar-refractivity contribution >= 4 is 33.6 Å². The van der Waals surface area contributed by atoms with Crippen LogP contribution in [-0.4, -0.2) is 37.3 Å². The number of benzene rings is 2. The largest absolute Gasteiger partial charge is 0.465 e. The average molecular weight is 490 g/mol. The molecule has 9 heteroatoms. The van der Waals surface area contributed by atoms with Crippen LogP contribution in [-0.2, 0) is 16.4 Å². The van der Waals surface area contributed by atoms with E-state index in [9.17, 15) is 23.1 Å². The summed E-state index contributed by atoms with van der Waals surface area (Å²) in [5.74, 6) is -0.828. The van der Waals surface area contributed by atoms with Crippen LogP contribution in [0.2, 0.25) is 0 Å². The van der Waals surface area contributed by atoms with Gasteiger partial charge in [0, 0.05) is 22.5 Å². The molecule has 1 amide bonds. The van der Waals surface area contributed by atoms with Gasteiger partial charge >= 0.3 is 6.09 Å². The van der Waals surface area contributed by atoms with E-state index in [0.717, 1.165) is 11.3 Å². The molecule has 0 aliphatic carbocycles. The number of rotatable bonds is 7. The smallest absolute Gasteiger partial charge is 0.407 e. The molecule has 174 valence electrons. The molecule has 2 aromatic carbocycles. The van der Waals surface area contributed by atoms with Crippen molar-refractivity contribution in [3.05, 3.63) is 70.9 Å². The van der Waals surface area contributed by atoms with Crippen molar-refractivity contribution in [2.24, 2.45) is 5.41 Å². The lowest BCUT2D eigenvalue weighted by Crippen LogP contribution is -2.36. The average Bonchev–Trinajstić information content (AvgIpc) is 3.17. The van der Waals surface area contributed by atoms with E-state index >= 15 is 4.39 Å². The Hall–Kier alpha value is -3.04. The SMILES string of the molecule is CC(C)(C)CN(Cc1cc(-c2cccc(C=O)c2F)c(S(=O)(=O)c2ccccc2)s1)C(=O)O. The zero-order valence-electron chi connectivity index (χ0n) is 18.4. The topological polar surface area (TPSA) is 91.8 Å². The molecule has 3 aromatic rings. The number of hydrogen-bond donors (Lipinski definition) is 1. The highest BCUT2D eigenvalue weighted by molar-refractivity contribution is 7.93.